The fourth-order valence-electron chi connectivity index (χ4n) is 3.90. The summed E-state index contributed by atoms with van der Waals surface area (Å²) in [6.07, 6.45) is 4.33. The third kappa shape index (κ3) is 5.82. The van der Waals surface area contributed by atoms with Crippen LogP contribution in [-0.2, 0) is 17.9 Å². The largest absolute Gasteiger partial charge is 0.370 e. The van der Waals surface area contributed by atoms with Gasteiger partial charge in [0.1, 0.15) is 0 Å². The second-order valence-electron chi connectivity index (χ2n) is 8.04. The Hall–Kier alpha value is -3.13. The lowest BCUT2D eigenvalue weighted by Crippen LogP contribution is -2.24. The van der Waals surface area contributed by atoms with Crippen LogP contribution < -0.4 is 11.3 Å². The summed E-state index contributed by atoms with van der Waals surface area (Å²) in [5.41, 5.74) is 8.31. The molecule has 8 heteroatoms. The van der Waals surface area contributed by atoms with Gasteiger partial charge in [-0.2, -0.15) is 0 Å². The van der Waals surface area contributed by atoms with Gasteiger partial charge >= 0.3 is 0 Å². The van der Waals surface area contributed by atoms with Gasteiger partial charge in [-0.05, 0) is 44.9 Å². The zero-order valence-corrected chi connectivity index (χ0v) is 20.0. The molecule has 0 fully saturated rings. The summed E-state index contributed by atoms with van der Waals surface area (Å²) < 4.78 is 3.70. The second-order valence-corrected chi connectivity index (χ2v) is 8.98. The standard InChI is InChI=1S/C25H30N4O3S/c1-4-13-28-17(2)15-20(18(28)3)22(30)16-33-25-27-21-11-8-7-10-19(21)24(32)29(25)14-9-5-6-12-23(26)31/h4,7-8,10-11,15H,1,5-6,9,12-14,16H2,2-3H3,(H2,26,31). The molecule has 0 bridgehead atoms. The minimum Gasteiger partial charge on any atom is -0.370 e. The topological polar surface area (TPSA) is 100.0 Å². The van der Waals surface area contributed by atoms with Crippen molar-refractivity contribution >= 4 is 34.4 Å². The SMILES string of the molecule is C=CCn1c(C)cc(C(=O)CSc2nc3ccccc3c(=O)n2CCCCCC(N)=O)c1C. The summed E-state index contributed by atoms with van der Waals surface area (Å²) in [5, 5.41) is 1.08. The molecule has 1 amide bonds. The van der Waals surface area contributed by atoms with Crippen LogP contribution in [0.4, 0.5) is 0 Å². The minimum absolute atomic E-state index is 0.00109. The zero-order chi connectivity index (χ0) is 24.0. The summed E-state index contributed by atoms with van der Waals surface area (Å²) in [7, 11) is 0. The van der Waals surface area contributed by atoms with Gasteiger partial charge in [0, 0.05) is 36.5 Å². The molecule has 2 heterocycles. The molecule has 33 heavy (non-hydrogen) atoms. The molecule has 0 unspecified atom stereocenters. The molecule has 174 valence electrons. The van der Waals surface area contributed by atoms with E-state index in [9.17, 15) is 14.4 Å². The number of thioether (sulfide) groups is 1. The number of carbonyl (C=O) groups is 2. The molecule has 1 aromatic carbocycles. The molecule has 0 spiro atoms. The Morgan fingerprint density at radius 3 is 2.64 bits per heavy atom. The molecule has 0 radical (unpaired) electrons. The van der Waals surface area contributed by atoms with E-state index in [-0.39, 0.29) is 23.0 Å². The van der Waals surface area contributed by atoms with Gasteiger partial charge in [0.25, 0.3) is 5.56 Å². The van der Waals surface area contributed by atoms with E-state index >= 15 is 0 Å². The average molecular weight is 467 g/mol. The Morgan fingerprint density at radius 2 is 1.91 bits per heavy atom. The maximum absolute atomic E-state index is 13.1. The fourth-order valence-corrected chi connectivity index (χ4v) is 4.81. The van der Waals surface area contributed by atoms with E-state index in [1.165, 1.54) is 11.8 Å². The molecule has 3 rings (SSSR count). The lowest BCUT2D eigenvalue weighted by atomic mass is 10.2. The van der Waals surface area contributed by atoms with Crippen molar-refractivity contribution < 1.29 is 9.59 Å². The number of nitrogens with two attached hydrogens (primary N) is 1. The van der Waals surface area contributed by atoms with Gasteiger partial charge in [-0.3, -0.25) is 19.0 Å². The highest BCUT2D eigenvalue weighted by Gasteiger charge is 2.18. The number of rotatable bonds is 12. The van der Waals surface area contributed by atoms with Gasteiger partial charge in [0.2, 0.25) is 5.91 Å². The predicted molar refractivity (Wildman–Crippen MR) is 133 cm³/mol. The number of carbonyl (C=O) groups excluding carboxylic acids is 2. The molecule has 2 N–H and O–H groups in total. The molecule has 0 saturated heterocycles. The van der Waals surface area contributed by atoms with Crippen LogP contribution in [0.3, 0.4) is 0 Å². The number of Topliss-reactive ketones (excluding diaryl/α,β-unsaturated/α-hetero) is 1. The molecule has 0 aliphatic carbocycles. The number of aryl methyl sites for hydroxylation is 1. The number of primary amides is 1. The molecular formula is C25H30N4O3S. The molecule has 7 nitrogen and oxygen atoms in total. The number of fused-ring (bicyclic) bond motifs is 1. The van der Waals surface area contributed by atoms with E-state index in [0.29, 0.717) is 47.6 Å². The summed E-state index contributed by atoms with van der Waals surface area (Å²) in [6.45, 7) is 8.82. The molecule has 2 aromatic heterocycles. The monoisotopic (exact) mass is 466 g/mol. The lowest BCUT2D eigenvalue weighted by molar-refractivity contribution is -0.118. The molecule has 0 atom stereocenters. The maximum atomic E-state index is 13.1. The van der Waals surface area contributed by atoms with Crippen LogP contribution in [0.1, 0.15) is 47.4 Å². The number of allylic oxidation sites excluding steroid dienone is 1. The molecule has 0 saturated carbocycles. The number of aromatic nitrogens is 3. The highest BCUT2D eigenvalue weighted by Crippen LogP contribution is 2.22. The quantitative estimate of drug-likeness (QED) is 0.143. The number of benzene rings is 1. The van der Waals surface area contributed by atoms with Crippen LogP contribution in [0, 0.1) is 13.8 Å². The van der Waals surface area contributed by atoms with E-state index in [1.54, 1.807) is 10.6 Å². The summed E-state index contributed by atoms with van der Waals surface area (Å²) >= 11 is 1.28. The second kappa shape index (κ2) is 11.1. The Kier molecular flexibility index (Phi) is 8.27. The minimum atomic E-state index is -0.318. The lowest BCUT2D eigenvalue weighted by Gasteiger charge is -2.13. The van der Waals surface area contributed by atoms with Gasteiger partial charge in [0.05, 0.1) is 16.7 Å². The number of amides is 1. The first-order valence-electron chi connectivity index (χ1n) is 11.0. The van der Waals surface area contributed by atoms with E-state index in [2.05, 4.69) is 16.1 Å². The zero-order valence-electron chi connectivity index (χ0n) is 19.2. The van der Waals surface area contributed by atoms with E-state index in [4.69, 9.17) is 5.73 Å². The van der Waals surface area contributed by atoms with Crippen molar-refractivity contribution in [3.63, 3.8) is 0 Å². The van der Waals surface area contributed by atoms with Gasteiger partial charge in [0.15, 0.2) is 10.9 Å². The van der Waals surface area contributed by atoms with E-state index in [0.717, 1.165) is 24.2 Å². The highest BCUT2D eigenvalue weighted by atomic mass is 32.2. The predicted octanol–water partition coefficient (Wildman–Crippen LogP) is 4.02. The first-order chi connectivity index (χ1) is 15.8. The van der Waals surface area contributed by atoms with Crippen molar-refractivity contribution in [1.82, 2.24) is 14.1 Å². The number of ketones is 1. The fraction of sp³-hybridized carbons (Fsp3) is 0.360. The summed E-state index contributed by atoms with van der Waals surface area (Å²) in [5.74, 6) is -0.134. The van der Waals surface area contributed by atoms with Gasteiger partial charge in [-0.15, -0.1) is 6.58 Å². The first kappa shape index (κ1) is 24.5. The van der Waals surface area contributed by atoms with Crippen LogP contribution in [0.2, 0.25) is 0 Å². The van der Waals surface area contributed by atoms with Crippen molar-refractivity contribution in [2.75, 3.05) is 5.75 Å². The van der Waals surface area contributed by atoms with Crippen molar-refractivity contribution in [3.8, 4) is 0 Å². The van der Waals surface area contributed by atoms with Gasteiger partial charge in [-0.1, -0.05) is 36.4 Å². The normalized spacial score (nSPS) is 11.1. The molecular weight excluding hydrogens is 436 g/mol. The first-order valence-corrected chi connectivity index (χ1v) is 12.0. The third-order valence-corrected chi connectivity index (χ3v) is 6.63. The number of hydrogen-bond acceptors (Lipinski definition) is 5. The smallest absolute Gasteiger partial charge is 0.262 e. The van der Waals surface area contributed by atoms with Crippen LogP contribution in [0.5, 0.6) is 0 Å². The van der Waals surface area contributed by atoms with Crippen LogP contribution >= 0.6 is 11.8 Å². The Bertz CT molecular complexity index is 1240. The van der Waals surface area contributed by atoms with Crippen molar-refractivity contribution in [2.45, 2.75) is 57.8 Å². The summed E-state index contributed by atoms with van der Waals surface area (Å²) in [4.78, 5) is 41.8. The molecule has 0 aliphatic rings. The number of unbranched alkanes of at least 4 members (excludes halogenated alkanes) is 2. The number of para-hydroxylation sites is 1. The average Bonchev–Trinajstić information content (AvgIpc) is 3.07. The number of nitrogens with zero attached hydrogens (tertiary/aromatic N) is 3. The Morgan fingerprint density at radius 1 is 1.15 bits per heavy atom. The number of hydrogen-bond donors (Lipinski definition) is 1. The van der Waals surface area contributed by atoms with E-state index in [1.807, 2.05) is 44.2 Å². The van der Waals surface area contributed by atoms with Crippen LogP contribution in [0.25, 0.3) is 10.9 Å². The van der Waals surface area contributed by atoms with Gasteiger partial charge in [-0.25, -0.2) is 4.98 Å². The van der Waals surface area contributed by atoms with Crippen LogP contribution in [0.15, 0.2) is 52.9 Å². The van der Waals surface area contributed by atoms with E-state index < -0.39 is 0 Å². The molecule has 3 aromatic rings. The maximum Gasteiger partial charge on any atom is 0.262 e. The Labute approximate surface area is 197 Å². The molecule has 0 aliphatic heterocycles. The highest BCUT2D eigenvalue weighted by molar-refractivity contribution is 7.99. The van der Waals surface area contributed by atoms with Crippen molar-refractivity contribution in [2.24, 2.45) is 5.73 Å². The van der Waals surface area contributed by atoms with Gasteiger partial charge < -0.3 is 10.3 Å². The van der Waals surface area contributed by atoms with Crippen molar-refractivity contribution in [3.05, 3.63) is 70.3 Å². The van der Waals surface area contributed by atoms with Crippen LogP contribution in [-0.4, -0.2) is 31.6 Å². The van der Waals surface area contributed by atoms with Crippen molar-refractivity contribution in [1.29, 1.82) is 0 Å². The summed E-state index contributed by atoms with van der Waals surface area (Å²) in [6, 6.07) is 9.14. The third-order valence-electron chi connectivity index (χ3n) is 5.65. The Balaban J connectivity index is 1.82.